The van der Waals surface area contributed by atoms with E-state index in [1.807, 2.05) is 0 Å². The van der Waals surface area contributed by atoms with Gasteiger partial charge in [-0.05, 0) is 68.5 Å². The second kappa shape index (κ2) is 8.08. The van der Waals surface area contributed by atoms with Crippen LogP contribution < -0.4 is 10.1 Å². The van der Waals surface area contributed by atoms with Crippen LogP contribution in [0.1, 0.15) is 47.3 Å². The summed E-state index contributed by atoms with van der Waals surface area (Å²) in [6.07, 6.45) is -0.338. The van der Waals surface area contributed by atoms with Gasteiger partial charge in [-0.25, -0.2) is 4.98 Å². The molecule has 0 atom stereocenters. The van der Waals surface area contributed by atoms with Crippen LogP contribution in [0.3, 0.4) is 0 Å². The number of alkyl halides is 3. The van der Waals surface area contributed by atoms with Crippen LogP contribution in [-0.2, 0) is 6.18 Å². The Morgan fingerprint density at radius 2 is 1.79 bits per heavy atom. The van der Waals surface area contributed by atoms with Crippen LogP contribution in [0.4, 0.5) is 13.2 Å². The van der Waals surface area contributed by atoms with Crippen molar-refractivity contribution in [1.29, 1.82) is 0 Å². The summed E-state index contributed by atoms with van der Waals surface area (Å²) in [7, 11) is 0. The molecule has 0 aliphatic heterocycles. The molecule has 0 spiro atoms. The highest BCUT2D eigenvalue weighted by atomic mass is 19.4. The number of rotatable bonds is 4. The summed E-state index contributed by atoms with van der Waals surface area (Å²) >= 11 is 0. The van der Waals surface area contributed by atoms with E-state index in [4.69, 9.17) is 4.74 Å². The number of halogens is 3. The van der Waals surface area contributed by atoms with Crippen molar-refractivity contribution >= 4 is 5.91 Å². The number of hydrogen-bond donors (Lipinski definition) is 2. The predicted molar refractivity (Wildman–Crippen MR) is 96.2 cm³/mol. The monoisotopic (exact) mass is 394 g/mol. The lowest BCUT2D eigenvalue weighted by atomic mass is 9.92. The van der Waals surface area contributed by atoms with Gasteiger partial charge in [-0.2, -0.15) is 13.2 Å². The van der Waals surface area contributed by atoms with Gasteiger partial charge in [0.1, 0.15) is 11.5 Å². The predicted octanol–water partition coefficient (Wildman–Crippen LogP) is 4.23. The molecule has 1 amide bonds. The van der Waals surface area contributed by atoms with Crippen molar-refractivity contribution in [2.45, 2.75) is 50.9 Å². The number of aryl methyl sites for hydroxylation is 1. The zero-order valence-electron chi connectivity index (χ0n) is 15.3. The molecule has 3 rings (SSSR count). The van der Waals surface area contributed by atoms with E-state index in [-0.39, 0.29) is 23.6 Å². The molecule has 1 aliphatic rings. The topological polar surface area (TPSA) is 71.5 Å². The van der Waals surface area contributed by atoms with Gasteiger partial charge in [0.25, 0.3) is 5.91 Å². The number of carbonyl (C=O) groups is 1. The van der Waals surface area contributed by atoms with E-state index < -0.39 is 17.6 Å². The lowest BCUT2D eigenvalue weighted by Crippen LogP contribution is -2.40. The van der Waals surface area contributed by atoms with Crippen molar-refractivity contribution in [3.8, 4) is 11.5 Å². The van der Waals surface area contributed by atoms with Gasteiger partial charge in [0.05, 0.1) is 11.7 Å². The highest BCUT2D eigenvalue weighted by molar-refractivity contribution is 5.95. The number of hydrogen-bond acceptors (Lipinski definition) is 4. The first kappa shape index (κ1) is 20.0. The minimum atomic E-state index is -4.37. The molecule has 0 bridgehead atoms. The molecular formula is C20H21F3N2O3. The van der Waals surface area contributed by atoms with Gasteiger partial charge < -0.3 is 15.2 Å². The Labute approximate surface area is 160 Å². The van der Waals surface area contributed by atoms with Crippen LogP contribution in [-0.4, -0.2) is 28.1 Å². The summed E-state index contributed by atoms with van der Waals surface area (Å²) in [4.78, 5) is 16.2. The summed E-state index contributed by atoms with van der Waals surface area (Å²) < 4.78 is 43.6. The summed E-state index contributed by atoms with van der Waals surface area (Å²) in [5.41, 5.74) is -0.129. The second-order valence-electron chi connectivity index (χ2n) is 6.91. The average Bonchev–Trinajstić information content (AvgIpc) is 2.65. The molecule has 0 saturated heterocycles. The molecule has 0 unspecified atom stereocenters. The lowest BCUT2D eigenvalue weighted by molar-refractivity contribution is -0.137. The van der Waals surface area contributed by atoms with Crippen LogP contribution in [0.5, 0.6) is 11.5 Å². The van der Waals surface area contributed by atoms with Crippen molar-refractivity contribution in [1.82, 2.24) is 10.3 Å². The van der Waals surface area contributed by atoms with E-state index in [0.717, 1.165) is 12.1 Å². The van der Waals surface area contributed by atoms with Crippen LogP contribution in [0.15, 0.2) is 36.5 Å². The number of pyridine rings is 1. The molecule has 150 valence electrons. The Morgan fingerprint density at radius 3 is 2.39 bits per heavy atom. The van der Waals surface area contributed by atoms with E-state index in [0.29, 0.717) is 37.0 Å². The Balaban J connectivity index is 1.50. The number of ether oxygens (including phenoxy) is 1. The standard InChI is InChI=1S/C20H21F3N2O3/c1-12-10-11-24-17(18(12)26)19(27)25-14-4-8-16(9-5-14)28-15-6-2-13(3-7-15)20(21,22)23/h2-3,6-7,10-11,14,16,26H,4-5,8-9H2,1H3,(H,25,27). The zero-order valence-corrected chi connectivity index (χ0v) is 15.3. The normalized spacial score (nSPS) is 19.9. The van der Waals surface area contributed by atoms with Gasteiger partial charge in [0, 0.05) is 12.2 Å². The maximum Gasteiger partial charge on any atom is 0.416 e. The molecule has 1 heterocycles. The molecular weight excluding hydrogens is 373 g/mol. The van der Waals surface area contributed by atoms with Crippen molar-refractivity contribution in [3.05, 3.63) is 53.3 Å². The first-order valence-electron chi connectivity index (χ1n) is 9.03. The highest BCUT2D eigenvalue weighted by Crippen LogP contribution is 2.31. The number of nitrogens with one attached hydrogen (secondary N) is 1. The molecule has 1 saturated carbocycles. The Hall–Kier alpha value is -2.77. The minimum absolute atomic E-state index is 0.00290. The van der Waals surface area contributed by atoms with E-state index in [1.165, 1.54) is 18.3 Å². The van der Waals surface area contributed by atoms with Crippen LogP contribution in [0, 0.1) is 6.92 Å². The summed E-state index contributed by atoms with van der Waals surface area (Å²) in [6, 6.07) is 6.20. The van der Waals surface area contributed by atoms with Crippen molar-refractivity contribution in [3.63, 3.8) is 0 Å². The summed E-state index contributed by atoms with van der Waals surface area (Å²) in [6.45, 7) is 1.69. The van der Waals surface area contributed by atoms with E-state index in [1.54, 1.807) is 13.0 Å². The van der Waals surface area contributed by atoms with Gasteiger partial charge >= 0.3 is 6.18 Å². The van der Waals surface area contributed by atoms with Gasteiger partial charge in [-0.1, -0.05) is 0 Å². The summed E-state index contributed by atoms with van der Waals surface area (Å²) in [5.74, 6) is -0.151. The van der Waals surface area contributed by atoms with Gasteiger partial charge in [-0.15, -0.1) is 0 Å². The van der Waals surface area contributed by atoms with Gasteiger partial charge in [0.2, 0.25) is 0 Å². The number of amides is 1. The maximum absolute atomic E-state index is 12.6. The number of carbonyl (C=O) groups excluding carboxylic acids is 1. The van der Waals surface area contributed by atoms with Crippen LogP contribution in [0.25, 0.3) is 0 Å². The van der Waals surface area contributed by atoms with Gasteiger partial charge in [0.15, 0.2) is 5.69 Å². The molecule has 28 heavy (non-hydrogen) atoms. The fourth-order valence-corrected chi connectivity index (χ4v) is 3.21. The van der Waals surface area contributed by atoms with E-state index in [9.17, 15) is 23.1 Å². The minimum Gasteiger partial charge on any atom is -0.505 e. The van der Waals surface area contributed by atoms with Gasteiger partial charge in [-0.3, -0.25) is 4.79 Å². The SMILES string of the molecule is Cc1ccnc(C(=O)NC2CCC(Oc3ccc(C(F)(F)F)cc3)CC2)c1O. The average molecular weight is 394 g/mol. The molecule has 8 heteroatoms. The Bertz CT molecular complexity index is 830. The Morgan fingerprint density at radius 1 is 1.14 bits per heavy atom. The second-order valence-corrected chi connectivity index (χ2v) is 6.91. The number of benzene rings is 1. The highest BCUT2D eigenvalue weighted by Gasteiger charge is 2.30. The van der Waals surface area contributed by atoms with Crippen molar-refractivity contribution in [2.24, 2.45) is 0 Å². The largest absolute Gasteiger partial charge is 0.505 e. The quantitative estimate of drug-likeness (QED) is 0.814. The van der Waals surface area contributed by atoms with Crippen LogP contribution in [0.2, 0.25) is 0 Å². The first-order valence-corrected chi connectivity index (χ1v) is 9.03. The maximum atomic E-state index is 12.6. The number of aromatic nitrogens is 1. The molecule has 1 aromatic carbocycles. The molecule has 1 aromatic heterocycles. The molecule has 1 fully saturated rings. The fraction of sp³-hybridized carbons (Fsp3) is 0.400. The molecule has 0 radical (unpaired) electrons. The summed E-state index contributed by atoms with van der Waals surface area (Å²) in [5, 5.41) is 12.8. The number of nitrogens with zero attached hydrogens (tertiary/aromatic N) is 1. The third-order valence-electron chi connectivity index (χ3n) is 4.83. The van der Waals surface area contributed by atoms with Crippen LogP contribution >= 0.6 is 0 Å². The molecule has 2 aromatic rings. The fourth-order valence-electron chi connectivity index (χ4n) is 3.21. The smallest absolute Gasteiger partial charge is 0.416 e. The van der Waals surface area contributed by atoms with E-state index >= 15 is 0 Å². The number of aromatic hydroxyl groups is 1. The van der Waals surface area contributed by atoms with Crippen molar-refractivity contribution < 1.29 is 27.8 Å². The molecule has 2 N–H and O–H groups in total. The van der Waals surface area contributed by atoms with Crippen molar-refractivity contribution in [2.75, 3.05) is 0 Å². The third-order valence-corrected chi connectivity index (χ3v) is 4.83. The molecule has 5 nitrogen and oxygen atoms in total. The lowest BCUT2D eigenvalue weighted by Gasteiger charge is -2.29. The zero-order chi connectivity index (χ0) is 20.3. The molecule has 1 aliphatic carbocycles. The first-order chi connectivity index (χ1) is 13.2. The van der Waals surface area contributed by atoms with E-state index in [2.05, 4.69) is 10.3 Å². The Kier molecular flexibility index (Phi) is 5.76. The third kappa shape index (κ3) is 4.74.